The van der Waals surface area contributed by atoms with E-state index in [-0.39, 0.29) is 32.5 Å². The average Bonchev–Trinajstić information content (AvgIpc) is 2.93. The predicted molar refractivity (Wildman–Crippen MR) is 217 cm³/mol. The van der Waals surface area contributed by atoms with Crippen LogP contribution in [0.1, 0.15) is 190 Å². The molecule has 0 fully saturated rings. The molecule has 1 heterocycles. The lowest BCUT2D eigenvalue weighted by Crippen LogP contribution is -2.34. The van der Waals surface area contributed by atoms with Gasteiger partial charge in [0.25, 0.3) is 0 Å². The van der Waals surface area contributed by atoms with Crippen LogP contribution in [0.4, 0.5) is 0 Å². The van der Waals surface area contributed by atoms with Crippen LogP contribution in [0.3, 0.4) is 0 Å². The van der Waals surface area contributed by atoms with E-state index in [1.54, 1.807) is 0 Å². The molecule has 0 bridgehead atoms. The van der Waals surface area contributed by atoms with E-state index in [1.807, 2.05) is 0 Å². The normalized spacial score (nSPS) is 18.9. The quantitative estimate of drug-likeness (QED) is 0.220. The van der Waals surface area contributed by atoms with E-state index in [0.717, 1.165) is 25.7 Å². The van der Waals surface area contributed by atoms with Gasteiger partial charge in [-0.3, -0.25) is 0 Å². The van der Waals surface area contributed by atoms with E-state index in [2.05, 4.69) is 172 Å². The second-order valence-electron chi connectivity index (χ2n) is 20.1. The average molecular weight is 671 g/mol. The van der Waals surface area contributed by atoms with Gasteiger partial charge in [0.15, 0.2) is 0 Å². The Bertz CT molecular complexity index is 1360. The second kappa shape index (κ2) is 14.0. The molecule has 258 valence electrons. The first-order valence-electron chi connectivity index (χ1n) is 18.1. The van der Waals surface area contributed by atoms with Crippen LogP contribution >= 0.6 is 15.2 Å². The van der Waals surface area contributed by atoms with Crippen molar-refractivity contribution >= 4 is 25.8 Å². The van der Waals surface area contributed by atoms with E-state index in [0.29, 0.717) is 0 Å². The first-order valence-corrected chi connectivity index (χ1v) is 21.5. The zero-order valence-corrected chi connectivity index (χ0v) is 35.5. The number of hydrogen-bond acceptors (Lipinski definition) is 0. The van der Waals surface area contributed by atoms with Crippen molar-refractivity contribution in [3.63, 3.8) is 0 Å². The molecule has 2 atom stereocenters. The predicted octanol–water partition coefficient (Wildman–Crippen LogP) is 13.2. The summed E-state index contributed by atoms with van der Waals surface area (Å²) < 4.78 is 0. The summed E-state index contributed by atoms with van der Waals surface area (Å²) in [5.74, 6) is 7.63. The lowest BCUT2D eigenvalue weighted by Gasteiger charge is -2.39. The number of rotatable bonds is 2. The van der Waals surface area contributed by atoms with Crippen molar-refractivity contribution < 1.29 is 0 Å². The Morgan fingerprint density at radius 2 is 0.638 bits per heavy atom. The van der Waals surface area contributed by atoms with Crippen LogP contribution in [0.15, 0.2) is 24.3 Å². The van der Waals surface area contributed by atoms with E-state index in [1.165, 1.54) is 50.4 Å². The second-order valence-corrected chi connectivity index (χ2v) is 25.1. The summed E-state index contributed by atoms with van der Waals surface area (Å²) in [5.41, 5.74) is 16.9. The largest absolute Gasteiger partial charge is 0.0979 e. The summed E-state index contributed by atoms with van der Waals surface area (Å²) in [6.07, 6.45) is 5.48. The molecule has 3 rings (SSSR count). The Morgan fingerprint density at radius 3 is 0.851 bits per heavy atom. The maximum Gasteiger partial charge on any atom is 0.0460 e. The van der Waals surface area contributed by atoms with Gasteiger partial charge in [0, 0.05) is 38.7 Å². The highest BCUT2D eigenvalue weighted by Gasteiger charge is 2.39. The minimum atomic E-state index is -0.944. The smallest absolute Gasteiger partial charge is 0.0460 e. The summed E-state index contributed by atoms with van der Waals surface area (Å²) in [6.45, 7) is 43.1. The van der Waals surface area contributed by atoms with E-state index in [4.69, 9.17) is 0 Å². The van der Waals surface area contributed by atoms with Crippen LogP contribution in [0, 0.1) is 23.2 Å². The summed E-state index contributed by atoms with van der Waals surface area (Å²) in [7, 11) is -1.89. The fourth-order valence-corrected chi connectivity index (χ4v) is 13.5. The van der Waals surface area contributed by atoms with Gasteiger partial charge in [-0.2, -0.15) is 0 Å². The SMILES string of the molecule is CC(C)(C)c1cc(C(C)(C)C)c(P2C#CCCCCCC#CP2c2c(C(C)(C)C)cc(C(C)(C)C)cc2C(C)(C)C)c(C(C)(C)C)c1. The summed E-state index contributed by atoms with van der Waals surface area (Å²) in [4.78, 5) is 0. The lowest BCUT2D eigenvalue weighted by molar-refractivity contribution is 0.552. The van der Waals surface area contributed by atoms with E-state index < -0.39 is 15.2 Å². The third kappa shape index (κ3) is 9.78. The van der Waals surface area contributed by atoms with Crippen molar-refractivity contribution in [1.82, 2.24) is 0 Å². The zero-order valence-electron chi connectivity index (χ0n) is 33.7. The third-order valence-corrected chi connectivity index (χ3v) is 15.2. The highest BCUT2D eigenvalue weighted by atomic mass is 32.1. The molecule has 0 radical (unpaired) electrons. The topological polar surface area (TPSA) is 0 Å². The maximum absolute atomic E-state index is 4.11. The molecule has 1 aliphatic rings. The minimum absolute atomic E-state index is 0.0307. The molecule has 2 aromatic carbocycles. The molecule has 47 heavy (non-hydrogen) atoms. The molecule has 2 aromatic rings. The van der Waals surface area contributed by atoms with E-state index >= 15 is 0 Å². The Balaban J connectivity index is 2.70. The summed E-state index contributed by atoms with van der Waals surface area (Å²) in [5, 5.41) is 3.03. The molecule has 0 saturated carbocycles. The molecule has 0 saturated heterocycles. The molecule has 2 unspecified atom stereocenters. The van der Waals surface area contributed by atoms with Gasteiger partial charge >= 0.3 is 0 Å². The lowest BCUT2D eigenvalue weighted by atomic mass is 9.75. The third-order valence-electron chi connectivity index (χ3n) is 9.28. The molecular formula is C45H68P2. The Kier molecular flexibility index (Phi) is 11.8. The monoisotopic (exact) mass is 670 g/mol. The Hall–Kier alpha value is -1.58. The van der Waals surface area contributed by atoms with Gasteiger partial charge < -0.3 is 0 Å². The minimum Gasteiger partial charge on any atom is -0.0979 e. The molecule has 1 aliphatic heterocycles. The molecule has 0 aliphatic carbocycles. The van der Waals surface area contributed by atoms with Gasteiger partial charge in [-0.05, 0) is 78.7 Å². The molecular weight excluding hydrogens is 602 g/mol. The highest BCUT2D eigenvalue weighted by molar-refractivity contribution is 8.39. The Labute approximate surface area is 294 Å². The van der Waals surface area contributed by atoms with Crippen molar-refractivity contribution in [3.8, 4) is 23.2 Å². The fourth-order valence-electron chi connectivity index (χ4n) is 6.16. The van der Waals surface area contributed by atoms with Crippen LogP contribution in [0.25, 0.3) is 0 Å². The van der Waals surface area contributed by atoms with Crippen molar-refractivity contribution in [2.75, 3.05) is 0 Å². The van der Waals surface area contributed by atoms with Crippen LogP contribution in [-0.4, -0.2) is 0 Å². The first-order chi connectivity index (χ1) is 21.1. The molecule has 0 amide bonds. The molecule has 0 N–H and O–H groups in total. The maximum atomic E-state index is 4.11. The fraction of sp³-hybridized carbons (Fsp3) is 0.644. The van der Waals surface area contributed by atoms with Crippen LogP contribution < -0.4 is 10.6 Å². The highest BCUT2D eigenvalue weighted by Crippen LogP contribution is 2.69. The van der Waals surface area contributed by atoms with Crippen LogP contribution in [-0.2, 0) is 32.5 Å². The van der Waals surface area contributed by atoms with Gasteiger partial charge in [0.2, 0.25) is 0 Å². The molecule has 0 nitrogen and oxygen atoms in total. The number of hydrogen-bond donors (Lipinski definition) is 0. The van der Waals surface area contributed by atoms with Crippen molar-refractivity contribution in [3.05, 3.63) is 57.6 Å². The summed E-state index contributed by atoms with van der Waals surface area (Å²) in [6, 6.07) is 10.2. The van der Waals surface area contributed by atoms with Crippen molar-refractivity contribution in [2.24, 2.45) is 0 Å². The van der Waals surface area contributed by atoms with Crippen LogP contribution in [0.2, 0.25) is 0 Å². The Morgan fingerprint density at radius 1 is 0.383 bits per heavy atom. The molecule has 2 heteroatoms. The number of benzene rings is 2. The van der Waals surface area contributed by atoms with Crippen molar-refractivity contribution in [2.45, 2.75) is 189 Å². The van der Waals surface area contributed by atoms with Crippen molar-refractivity contribution in [1.29, 1.82) is 0 Å². The van der Waals surface area contributed by atoms with Gasteiger partial charge in [0.05, 0.1) is 0 Å². The van der Waals surface area contributed by atoms with Crippen LogP contribution in [0.5, 0.6) is 0 Å². The zero-order chi connectivity index (χ0) is 36.0. The standard InChI is InChI=1S/C45H68P2/c1-40(2,3)32-28-34(42(7,8)9)38(35(29-32)43(10,11)12)46-26-24-22-20-19-21-23-25-27-47(46)39-36(44(13,14)15)30-33(41(4,5)6)31-37(39)45(16,17)18/h28-31H,19-23H2,1-18H3. The first kappa shape index (κ1) is 39.9. The van der Waals surface area contributed by atoms with Gasteiger partial charge in [-0.1, -0.05) is 178 Å². The van der Waals surface area contributed by atoms with Gasteiger partial charge in [0.1, 0.15) is 0 Å². The van der Waals surface area contributed by atoms with E-state index in [9.17, 15) is 0 Å². The molecule has 0 aromatic heterocycles. The van der Waals surface area contributed by atoms with Gasteiger partial charge in [-0.25, -0.2) is 0 Å². The van der Waals surface area contributed by atoms with Gasteiger partial charge in [-0.15, -0.1) is 0 Å². The summed E-state index contributed by atoms with van der Waals surface area (Å²) >= 11 is 0. The molecule has 0 spiro atoms.